The molecule has 1 fully saturated rings. The SMILES string of the molecule is N#Cc1ccc(CNCC2CCC(O)C2)c(Cl)c1. The summed E-state index contributed by atoms with van der Waals surface area (Å²) in [6, 6.07) is 7.43. The van der Waals surface area contributed by atoms with Crippen LogP contribution in [-0.2, 0) is 6.54 Å². The highest BCUT2D eigenvalue weighted by Gasteiger charge is 2.22. The molecule has 3 nitrogen and oxygen atoms in total. The Morgan fingerprint density at radius 1 is 1.44 bits per heavy atom. The van der Waals surface area contributed by atoms with Crippen LogP contribution in [0.5, 0.6) is 0 Å². The fourth-order valence-corrected chi connectivity index (χ4v) is 2.65. The lowest BCUT2D eigenvalue weighted by molar-refractivity contribution is 0.177. The van der Waals surface area contributed by atoms with Crippen molar-refractivity contribution in [1.29, 1.82) is 5.26 Å². The molecule has 2 atom stereocenters. The van der Waals surface area contributed by atoms with E-state index in [0.717, 1.165) is 31.4 Å². The first kappa shape index (κ1) is 13.4. The molecule has 2 unspecified atom stereocenters. The van der Waals surface area contributed by atoms with Crippen LogP contribution in [0.15, 0.2) is 18.2 Å². The fourth-order valence-electron chi connectivity index (χ4n) is 2.41. The Labute approximate surface area is 112 Å². The van der Waals surface area contributed by atoms with Gasteiger partial charge in [0, 0.05) is 11.6 Å². The highest BCUT2D eigenvalue weighted by molar-refractivity contribution is 6.31. The summed E-state index contributed by atoms with van der Waals surface area (Å²) >= 11 is 6.10. The van der Waals surface area contributed by atoms with Gasteiger partial charge in [-0.1, -0.05) is 17.7 Å². The zero-order valence-electron chi connectivity index (χ0n) is 10.2. The zero-order valence-corrected chi connectivity index (χ0v) is 11.0. The molecule has 2 N–H and O–H groups in total. The Hall–Kier alpha value is -1.08. The highest BCUT2D eigenvalue weighted by Crippen LogP contribution is 2.25. The van der Waals surface area contributed by atoms with E-state index in [1.165, 1.54) is 0 Å². The third-order valence-corrected chi connectivity index (χ3v) is 3.80. The average Bonchev–Trinajstić information content (AvgIpc) is 2.77. The van der Waals surface area contributed by atoms with E-state index in [4.69, 9.17) is 16.9 Å². The van der Waals surface area contributed by atoms with Gasteiger partial charge in [-0.15, -0.1) is 0 Å². The summed E-state index contributed by atoms with van der Waals surface area (Å²) in [4.78, 5) is 0. The minimum atomic E-state index is -0.115. The third-order valence-electron chi connectivity index (χ3n) is 3.44. The van der Waals surface area contributed by atoms with Gasteiger partial charge in [0.25, 0.3) is 0 Å². The van der Waals surface area contributed by atoms with Crippen molar-refractivity contribution < 1.29 is 5.11 Å². The number of nitrogens with one attached hydrogen (secondary N) is 1. The normalized spacial score (nSPS) is 22.9. The lowest BCUT2D eigenvalue weighted by Gasteiger charge is -2.11. The lowest BCUT2D eigenvalue weighted by Crippen LogP contribution is -2.21. The van der Waals surface area contributed by atoms with Crippen molar-refractivity contribution in [2.24, 2.45) is 5.92 Å². The van der Waals surface area contributed by atoms with Crippen molar-refractivity contribution in [3.05, 3.63) is 34.3 Å². The number of nitrogens with zero attached hydrogens (tertiary/aromatic N) is 1. The van der Waals surface area contributed by atoms with Gasteiger partial charge in [0.2, 0.25) is 0 Å². The Kier molecular flexibility index (Phi) is 4.60. The number of hydrogen-bond acceptors (Lipinski definition) is 3. The van der Waals surface area contributed by atoms with Crippen molar-refractivity contribution in [3.63, 3.8) is 0 Å². The van der Waals surface area contributed by atoms with Gasteiger partial charge in [-0.3, -0.25) is 0 Å². The lowest BCUT2D eigenvalue weighted by atomic mass is 10.1. The minimum Gasteiger partial charge on any atom is -0.393 e. The van der Waals surface area contributed by atoms with E-state index in [-0.39, 0.29) is 6.10 Å². The molecule has 1 aliphatic carbocycles. The summed E-state index contributed by atoms with van der Waals surface area (Å²) in [7, 11) is 0. The van der Waals surface area contributed by atoms with Crippen LogP contribution < -0.4 is 5.32 Å². The van der Waals surface area contributed by atoms with E-state index in [0.29, 0.717) is 23.0 Å². The molecule has 1 aromatic carbocycles. The van der Waals surface area contributed by atoms with Gasteiger partial charge < -0.3 is 10.4 Å². The van der Waals surface area contributed by atoms with Crippen molar-refractivity contribution in [2.45, 2.75) is 31.9 Å². The molecule has 0 heterocycles. The molecule has 4 heteroatoms. The molecule has 0 aromatic heterocycles. The van der Waals surface area contributed by atoms with Crippen LogP contribution in [0.2, 0.25) is 5.02 Å². The molecule has 0 amide bonds. The van der Waals surface area contributed by atoms with E-state index in [1.807, 2.05) is 6.07 Å². The second kappa shape index (κ2) is 6.19. The first-order chi connectivity index (χ1) is 8.69. The third kappa shape index (κ3) is 3.46. The van der Waals surface area contributed by atoms with Gasteiger partial charge in [-0.25, -0.2) is 0 Å². The van der Waals surface area contributed by atoms with Gasteiger partial charge >= 0.3 is 0 Å². The first-order valence-electron chi connectivity index (χ1n) is 6.26. The Bertz CT molecular complexity index is 456. The maximum atomic E-state index is 9.44. The summed E-state index contributed by atoms with van der Waals surface area (Å²) in [5, 5.41) is 22.2. The fraction of sp³-hybridized carbons (Fsp3) is 0.500. The van der Waals surface area contributed by atoms with E-state index in [2.05, 4.69) is 11.4 Å². The smallest absolute Gasteiger partial charge is 0.0992 e. The van der Waals surface area contributed by atoms with E-state index < -0.39 is 0 Å². The molecule has 0 saturated heterocycles. The van der Waals surface area contributed by atoms with Crippen LogP contribution in [0, 0.1) is 17.2 Å². The first-order valence-corrected chi connectivity index (χ1v) is 6.64. The summed E-state index contributed by atoms with van der Waals surface area (Å²) in [5.41, 5.74) is 1.59. The van der Waals surface area contributed by atoms with Gasteiger partial charge in [-0.05, 0) is 49.4 Å². The van der Waals surface area contributed by atoms with Gasteiger partial charge in [0.05, 0.1) is 17.7 Å². The largest absolute Gasteiger partial charge is 0.393 e. The molecule has 0 spiro atoms. The van der Waals surface area contributed by atoms with Crippen LogP contribution in [0.3, 0.4) is 0 Å². The molecule has 18 heavy (non-hydrogen) atoms. The topological polar surface area (TPSA) is 56.0 Å². The second-order valence-corrected chi connectivity index (χ2v) is 5.29. The molecule has 2 rings (SSSR count). The molecular formula is C14H17ClN2O. The second-order valence-electron chi connectivity index (χ2n) is 4.88. The average molecular weight is 265 g/mol. The Balaban J connectivity index is 1.82. The van der Waals surface area contributed by atoms with Gasteiger partial charge in [0.15, 0.2) is 0 Å². The van der Waals surface area contributed by atoms with Crippen molar-refractivity contribution in [3.8, 4) is 6.07 Å². The van der Waals surface area contributed by atoms with Crippen molar-refractivity contribution in [2.75, 3.05) is 6.54 Å². The van der Waals surface area contributed by atoms with Crippen molar-refractivity contribution >= 4 is 11.6 Å². The number of nitriles is 1. The predicted octanol–water partition coefficient (Wildman–Crippen LogP) is 2.46. The van der Waals surface area contributed by atoms with E-state index >= 15 is 0 Å². The number of hydrogen-bond donors (Lipinski definition) is 2. The number of benzene rings is 1. The predicted molar refractivity (Wildman–Crippen MR) is 71.2 cm³/mol. The van der Waals surface area contributed by atoms with Crippen LogP contribution in [0.25, 0.3) is 0 Å². The molecule has 1 aromatic rings. The van der Waals surface area contributed by atoms with Crippen LogP contribution in [0.1, 0.15) is 30.4 Å². The van der Waals surface area contributed by atoms with Crippen molar-refractivity contribution in [1.82, 2.24) is 5.32 Å². The standard InChI is InChI=1S/C14H17ClN2O/c15-14-6-10(7-16)1-3-12(14)9-17-8-11-2-4-13(18)5-11/h1,3,6,11,13,17-18H,2,4-5,8-9H2. The number of halogens is 1. The summed E-state index contributed by atoms with van der Waals surface area (Å²) < 4.78 is 0. The molecule has 0 aliphatic heterocycles. The maximum absolute atomic E-state index is 9.44. The number of aliphatic hydroxyl groups excluding tert-OH is 1. The molecule has 0 bridgehead atoms. The minimum absolute atomic E-state index is 0.115. The zero-order chi connectivity index (χ0) is 13.0. The molecule has 1 aliphatic rings. The summed E-state index contributed by atoms with van der Waals surface area (Å²) in [6.45, 7) is 1.62. The van der Waals surface area contributed by atoms with Crippen LogP contribution in [0.4, 0.5) is 0 Å². The molecule has 0 radical (unpaired) electrons. The molecule has 96 valence electrons. The quantitative estimate of drug-likeness (QED) is 0.878. The van der Waals surface area contributed by atoms with Gasteiger partial charge in [-0.2, -0.15) is 5.26 Å². The summed E-state index contributed by atoms with van der Waals surface area (Å²) in [6.07, 6.45) is 2.79. The maximum Gasteiger partial charge on any atom is 0.0992 e. The molecule has 1 saturated carbocycles. The Morgan fingerprint density at radius 2 is 2.28 bits per heavy atom. The van der Waals surface area contributed by atoms with Gasteiger partial charge in [0.1, 0.15) is 0 Å². The summed E-state index contributed by atoms with van der Waals surface area (Å²) in [5.74, 6) is 0.567. The monoisotopic (exact) mass is 264 g/mol. The number of rotatable bonds is 4. The Morgan fingerprint density at radius 3 is 2.89 bits per heavy atom. The van der Waals surface area contributed by atoms with E-state index in [1.54, 1.807) is 12.1 Å². The number of aliphatic hydroxyl groups is 1. The van der Waals surface area contributed by atoms with E-state index in [9.17, 15) is 5.11 Å². The molecular weight excluding hydrogens is 248 g/mol. The van der Waals surface area contributed by atoms with Crippen LogP contribution >= 0.6 is 11.6 Å². The highest BCUT2D eigenvalue weighted by atomic mass is 35.5. The van der Waals surface area contributed by atoms with Crippen LogP contribution in [-0.4, -0.2) is 17.8 Å².